The van der Waals surface area contributed by atoms with Crippen molar-refractivity contribution in [1.82, 2.24) is 0 Å². The molecule has 94 valence electrons. The van der Waals surface area contributed by atoms with Gasteiger partial charge in [0.05, 0.1) is 12.7 Å². The quantitative estimate of drug-likeness (QED) is 0.214. The van der Waals surface area contributed by atoms with Crippen molar-refractivity contribution in [2.45, 2.75) is 13.0 Å². The minimum Gasteiger partial charge on any atom is -0.395 e. The second-order valence-electron chi connectivity index (χ2n) is 1.96. The number of hydrogen-bond acceptors (Lipinski definition) is 10. The van der Waals surface area contributed by atoms with E-state index in [1.807, 2.05) is 0 Å². The Kier molecular flexibility index (Phi) is 19.9. The summed E-state index contributed by atoms with van der Waals surface area (Å²) in [4.78, 5) is 0. The molecule has 0 rings (SSSR count). The van der Waals surface area contributed by atoms with E-state index >= 15 is 0 Å². The summed E-state index contributed by atoms with van der Waals surface area (Å²) in [7, 11) is 0. The van der Waals surface area contributed by atoms with E-state index in [-0.39, 0.29) is 6.61 Å². The Balaban J connectivity index is 0. The van der Waals surface area contributed by atoms with Crippen LogP contribution < -0.4 is 0 Å². The first-order valence-corrected chi connectivity index (χ1v) is 5.49. The summed E-state index contributed by atoms with van der Waals surface area (Å²) in [6.07, 6.45) is -0.449. The van der Waals surface area contributed by atoms with E-state index in [0.29, 0.717) is 11.5 Å². The van der Waals surface area contributed by atoms with Crippen LogP contribution in [-0.4, -0.2) is 44.9 Å². The second kappa shape index (κ2) is 16.8. The number of rotatable bonds is 8. The Bertz CT molecular complexity index is 101. The summed E-state index contributed by atoms with van der Waals surface area (Å²) in [5, 5.41) is 38.1. The molecule has 0 radical (unpaired) electrons. The number of hydrogen-bond donors (Lipinski definition) is 4. The fourth-order valence-electron chi connectivity index (χ4n) is 0.241. The van der Waals surface area contributed by atoms with Gasteiger partial charge in [-0.25, -0.2) is 10.5 Å². The summed E-state index contributed by atoms with van der Waals surface area (Å²) in [6, 6.07) is 0. The molecule has 0 aliphatic rings. The van der Waals surface area contributed by atoms with Crippen molar-refractivity contribution in [1.29, 1.82) is 0 Å². The topological polar surface area (TPSA) is 118 Å². The molecule has 1 atom stereocenters. The van der Waals surface area contributed by atoms with Crippen LogP contribution in [0.3, 0.4) is 0 Å². The van der Waals surface area contributed by atoms with Crippen molar-refractivity contribution >= 4 is 24.1 Å². The summed E-state index contributed by atoms with van der Waals surface area (Å²) in [5.41, 5.74) is 0. The van der Waals surface area contributed by atoms with E-state index in [4.69, 9.17) is 20.7 Å². The molecule has 0 amide bonds. The maximum atomic E-state index is 8.54. The molecular formula is C5H14O8S2. The molecule has 0 aromatic rings. The number of aliphatic hydroxyl groups is 2. The molecule has 4 N–H and O–H groups in total. The Morgan fingerprint density at radius 1 is 1.13 bits per heavy atom. The van der Waals surface area contributed by atoms with Gasteiger partial charge in [-0.1, -0.05) is 10.1 Å². The van der Waals surface area contributed by atoms with Crippen molar-refractivity contribution in [3.63, 3.8) is 0 Å². The molecule has 0 heterocycles. The summed E-state index contributed by atoms with van der Waals surface area (Å²) >= 11 is 1.67. The SMILES string of the molecule is CC(O)CSOOO.OCCSOOO. The van der Waals surface area contributed by atoms with Gasteiger partial charge in [0.25, 0.3) is 0 Å². The molecule has 15 heavy (non-hydrogen) atoms. The number of aliphatic hydroxyl groups excluding tert-OH is 2. The van der Waals surface area contributed by atoms with Gasteiger partial charge in [0, 0.05) is 35.6 Å². The molecule has 1 unspecified atom stereocenters. The van der Waals surface area contributed by atoms with Gasteiger partial charge in [-0.3, -0.25) is 0 Å². The molecule has 8 nitrogen and oxygen atoms in total. The van der Waals surface area contributed by atoms with Crippen molar-refractivity contribution in [2.24, 2.45) is 0 Å². The van der Waals surface area contributed by atoms with Crippen LogP contribution in [0.2, 0.25) is 0 Å². The Morgan fingerprint density at radius 2 is 1.67 bits per heavy atom. The zero-order valence-electron chi connectivity index (χ0n) is 7.94. The smallest absolute Gasteiger partial charge is 0.0626 e. The van der Waals surface area contributed by atoms with Crippen LogP contribution >= 0.6 is 24.1 Å². The van der Waals surface area contributed by atoms with Crippen LogP contribution in [-0.2, 0) is 18.7 Å². The Morgan fingerprint density at radius 3 is 2.07 bits per heavy atom. The van der Waals surface area contributed by atoms with E-state index < -0.39 is 6.10 Å². The summed E-state index contributed by atoms with van der Waals surface area (Å²) in [6.45, 7) is 1.61. The van der Waals surface area contributed by atoms with Gasteiger partial charge in [-0.15, -0.1) is 8.67 Å². The van der Waals surface area contributed by atoms with Gasteiger partial charge in [0.2, 0.25) is 0 Å². The van der Waals surface area contributed by atoms with Crippen molar-refractivity contribution < 1.29 is 39.5 Å². The average molecular weight is 266 g/mol. The Hall–Kier alpha value is 0.380. The molecule has 0 aromatic carbocycles. The molecule has 0 aliphatic carbocycles. The normalized spacial score (nSPS) is 11.8. The van der Waals surface area contributed by atoms with Crippen LogP contribution in [0.5, 0.6) is 0 Å². The minimum absolute atomic E-state index is 0.00796. The largest absolute Gasteiger partial charge is 0.395 e. The molecule has 0 saturated carbocycles. The molecule has 10 heteroatoms. The van der Waals surface area contributed by atoms with Crippen molar-refractivity contribution in [3.05, 3.63) is 0 Å². The highest BCUT2D eigenvalue weighted by Crippen LogP contribution is 2.02. The van der Waals surface area contributed by atoms with E-state index in [0.717, 1.165) is 24.1 Å². The van der Waals surface area contributed by atoms with Crippen LogP contribution in [0.15, 0.2) is 0 Å². The molecule has 0 saturated heterocycles. The minimum atomic E-state index is -0.449. The zero-order valence-corrected chi connectivity index (χ0v) is 9.57. The average Bonchev–Trinajstić information content (AvgIpc) is 2.20. The summed E-state index contributed by atoms with van der Waals surface area (Å²) in [5.74, 6) is 0.765. The lowest BCUT2D eigenvalue weighted by Gasteiger charge is -1.98. The first-order valence-electron chi connectivity index (χ1n) is 3.67. The van der Waals surface area contributed by atoms with E-state index in [2.05, 4.69) is 18.7 Å². The second-order valence-corrected chi connectivity index (χ2v) is 3.45. The lowest BCUT2D eigenvalue weighted by Crippen LogP contribution is -2.02. The lowest BCUT2D eigenvalue weighted by molar-refractivity contribution is -0.432. The molecule has 0 fully saturated rings. The zero-order chi connectivity index (χ0) is 11.9. The highest BCUT2D eigenvalue weighted by Gasteiger charge is 1.94. The van der Waals surface area contributed by atoms with Gasteiger partial charge < -0.3 is 10.2 Å². The predicted octanol–water partition coefficient (Wildman–Crippen LogP) is 0.485. The van der Waals surface area contributed by atoms with Gasteiger partial charge in [-0.2, -0.15) is 0 Å². The molecule has 0 aliphatic heterocycles. The maximum Gasteiger partial charge on any atom is 0.0626 e. The fourth-order valence-corrected chi connectivity index (χ4v) is 0.722. The van der Waals surface area contributed by atoms with Gasteiger partial charge in [0.1, 0.15) is 0 Å². The van der Waals surface area contributed by atoms with E-state index in [9.17, 15) is 0 Å². The maximum absolute atomic E-state index is 8.54. The molecule has 0 bridgehead atoms. The van der Waals surface area contributed by atoms with E-state index in [1.165, 1.54) is 0 Å². The third-order valence-corrected chi connectivity index (χ3v) is 1.92. The molecule has 0 spiro atoms. The van der Waals surface area contributed by atoms with Crippen LogP contribution in [0.4, 0.5) is 0 Å². The van der Waals surface area contributed by atoms with Crippen LogP contribution in [0.1, 0.15) is 6.92 Å². The Labute approximate surface area is 95.2 Å². The van der Waals surface area contributed by atoms with Gasteiger partial charge in [0.15, 0.2) is 0 Å². The van der Waals surface area contributed by atoms with Crippen molar-refractivity contribution in [3.8, 4) is 0 Å². The molecular weight excluding hydrogens is 252 g/mol. The van der Waals surface area contributed by atoms with Crippen molar-refractivity contribution in [2.75, 3.05) is 18.1 Å². The first kappa shape index (κ1) is 17.8. The lowest BCUT2D eigenvalue weighted by atomic mass is 10.5. The van der Waals surface area contributed by atoms with Gasteiger partial charge >= 0.3 is 0 Å². The molecule has 0 aromatic heterocycles. The van der Waals surface area contributed by atoms with Crippen LogP contribution in [0.25, 0.3) is 0 Å². The first-order chi connectivity index (χ1) is 7.18. The predicted molar refractivity (Wildman–Crippen MR) is 53.3 cm³/mol. The highest BCUT2D eigenvalue weighted by atomic mass is 32.2. The summed E-state index contributed by atoms with van der Waals surface area (Å²) < 4.78 is 7.84. The van der Waals surface area contributed by atoms with E-state index in [1.54, 1.807) is 6.92 Å². The highest BCUT2D eigenvalue weighted by molar-refractivity contribution is 7.94. The third kappa shape index (κ3) is 25.0. The standard InChI is InChI=1S/C3H8O4S.C2H6O4S/c1-3(4)2-8-7-6-5;3-1-2-7-6-5-4/h3-5H,2H2,1H3;3-4H,1-2H2. The fraction of sp³-hybridized carbons (Fsp3) is 1.00. The van der Waals surface area contributed by atoms with Crippen LogP contribution in [0, 0.1) is 0 Å². The monoisotopic (exact) mass is 266 g/mol. The van der Waals surface area contributed by atoms with Gasteiger partial charge in [-0.05, 0) is 6.92 Å². The third-order valence-electron chi connectivity index (χ3n) is 0.641.